The molecular weight excluding hydrogens is 368 g/mol. The van der Waals surface area contributed by atoms with Gasteiger partial charge in [0.15, 0.2) is 0 Å². The number of rotatable bonds is 1. The molecule has 2 saturated carbocycles. The fourth-order valence-electron chi connectivity index (χ4n) is 7.87. The van der Waals surface area contributed by atoms with Crippen LogP contribution in [0.2, 0.25) is 0 Å². The predicted octanol–water partition coefficient (Wildman–Crippen LogP) is 6.12. The Labute approximate surface area is 179 Å². The maximum absolute atomic E-state index is 10.2. The lowest BCUT2D eigenvalue weighted by Crippen LogP contribution is -2.50. The molecule has 3 nitrogen and oxygen atoms in total. The van der Waals surface area contributed by atoms with Gasteiger partial charge in [-0.15, -0.1) is 0 Å². The molecule has 2 fully saturated rings. The van der Waals surface area contributed by atoms with E-state index >= 15 is 0 Å². The van der Waals surface area contributed by atoms with Crippen molar-refractivity contribution in [1.29, 1.82) is 0 Å². The van der Waals surface area contributed by atoms with E-state index in [1.165, 1.54) is 42.5 Å². The van der Waals surface area contributed by atoms with Gasteiger partial charge in [-0.1, -0.05) is 37.6 Å². The molecule has 0 bridgehead atoms. The first-order valence-electron chi connectivity index (χ1n) is 11.9. The Morgan fingerprint density at radius 2 is 1.87 bits per heavy atom. The molecule has 0 radical (unpaired) electrons. The Morgan fingerprint density at radius 3 is 2.73 bits per heavy atom. The SMILES string of the molecule is Cc1ccc2ncn(C3=CCC4C5CC=C6C[C@@H](O)CC[C@]6(C)C5CC[C@]34C)c2c1. The Bertz CT molecular complexity index is 1080. The average Bonchev–Trinajstić information content (AvgIpc) is 3.28. The second-order valence-corrected chi connectivity index (χ2v) is 11.0. The first kappa shape index (κ1) is 18.9. The van der Waals surface area contributed by atoms with E-state index < -0.39 is 0 Å². The van der Waals surface area contributed by atoms with Gasteiger partial charge >= 0.3 is 0 Å². The second kappa shape index (κ2) is 6.32. The van der Waals surface area contributed by atoms with E-state index in [9.17, 15) is 5.11 Å². The van der Waals surface area contributed by atoms with E-state index in [1.54, 1.807) is 5.57 Å². The minimum absolute atomic E-state index is 0.118. The lowest BCUT2D eigenvalue weighted by Gasteiger charge is -2.57. The van der Waals surface area contributed by atoms with Crippen LogP contribution >= 0.6 is 0 Å². The zero-order valence-corrected chi connectivity index (χ0v) is 18.6. The summed E-state index contributed by atoms with van der Waals surface area (Å²) >= 11 is 0. The van der Waals surface area contributed by atoms with Crippen LogP contribution in [0.25, 0.3) is 16.7 Å². The minimum atomic E-state index is -0.118. The fraction of sp³-hybridized carbons (Fsp3) is 0.593. The molecule has 4 aliphatic rings. The Hall–Kier alpha value is -1.87. The van der Waals surface area contributed by atoms with Crippen LogP contribution in [0.5, 0.6) is 0 Å². The summed E-state index contributed by atoms with van der Waals surface area (Å²) < 4.78 is 2.39. The van der Waals surface area contributed by atoms with Gasteiger partial charge in [0.1, 0.15) is 6.33 Å². The molecule has 0 aliphatic heterocycles. The van der Waals surface area contributed by atoms with Crippen LogP contribution in [0.1, 0.15) is 64.4 Å². The Balaban J connectivity index is 1.37. The van der Waals surface area contributed by atoms with E-state index in [2.05, 4.69) is 62.0 Å². The molecule has 3 unspecified atom stereocenters. The average molecular weight is 403 g/mol. The third kappa shape index (κ3) is 2.45. The zero-order chi connectivity index (χ0) is 20.7. The first-order chi connectivity index (χ1) is 14.4. The van der Waals surface area contributed by atoms with Gasteiger partial charge in [0.25, 0.3) is 0 Å². The summed E-state index contributed by atoms with van der Waals surface area (Å²) in [4.78, 5) is 4.72. The highest BCUT2D eigenvalue weighted by Gasteiger charge is 2.57. The number of nitrogens with zero attached hydrogens (tertiary/aromatic N) is 2. The number of fused-ring (bicyclic) bond motifs is 6. The van der Waals surface area contributed by atoms with E-state index in [-0.39, 0.29) is 11.5 Å². The molecule has 0 saturated heterocycles. The second-order valence-electron chi connectivity index (χ2n) is 11.0. The van der Waals surface area contributed by atoms with Crippen LogP contribution in [0.4, 0.5) is 0 Å². The van der Waals surface area contributed by atoms with Crippen molar-refractivity contribution < 1.29 is 5.11 Å². The lowest BCUT2D eigenvalue weighted by molar-refractivity contribution is -0.0249. The number of hydrogen-bond acceptors (Lipinski definition) is 2. The summed E-state index contributed by atoms with van der Waals surface area (Å²) in [7, 11) is 0. The van der Waals surface area contributed by atoms with Gasteiger partial charge in [-0.25, -0.2) is 4.98 Å². The molecule has 4 aliphatic carbocycles. The lowest BCUT2D eigenvalue weighted by atomic mass is 9.48. The molecule has 0 spiro atoms. The molecule has 0 amide bonds. The van der Waals surface area contributed by atoms with Crippen LogP contribution in [0, 0.1) is 35.5 Å². The van der Waals surface area contributed by atoms with Gasteiger partial charge in [0.05, 0.1) is 17.1 Å². The van der Waals surface area contributed by atoms with Crippen molar-refractivity contribution in [2.24, 2.45) is 28.6 Å². The summed E-state index contributed by atoms with van der Waals surface area (Å²) in [6, 6.07) is 6.60. The number of allylic oxidation sites excluding steroid dienone is 3. The molecule has 1 N–H and O–H groups in total. The van der Waals surface area contributed by atoms with Gasteiger partial charge in [0, 0.05) is 11.1 Å². The Kier molecular flexibility index (Phi) is 3.98. The number of imidazole rings is 1. The third-order valence-electron chi connectivity index (χ3n) is 9.58. The van der Waals surface area contributed by atoms with Crippen molar-refractivity contribution in [2.75, 3.05) is 0 Å². The van der Waals surface area contributed by atoms with E-state index in [4.69, 9.17) is 4.98 Å². The van der Waals surface area contributed by atoms with Crippen molar-refractivity contribution in [3.05, 3.63) is 47.8 Å². The minimum Gasteiger partial charge on any atom is -0.393 e. The quantitative estimate of drug-likeness (QED) is 0.584. The summed E-state index contributed by atoms with van der Waals surface area (Å²) in [5.41, 5.74) is 7.24. The number of aliphatic hydroxyl groups is 1. The predicted molar refractivity (Wildman–Crippen MR) is 122 cm³/mol. The van der Waals surface area contributed by atoms with E-state index in [0.717, 1.165) is 42.5 Å². The number of benzene rings is 1. The Morgan fingerprint density at radius 1 is 1.03 bits per heavy atom. The molecule has 1 heterocycles. The number of aromatic nitrogens is 2. The topological polar surface area (TPSA) is 38.0 Å². The van der Waals surface area contributed by atoms with Crippen molar-refractivity contribution in [3.8, 4) is 0 Å². The maximum atomic E-state index is 10.2. The van der Waals surface area contributed by atoms with Gasteiger partial charge in [-0.05, 0) is 92.7 Å². The number of hydrogen-bond donors (Lipinski definition) is 1. The first-order valence-corrected chi connectivity index (χ1v) is 11.9. The van der Waals surface area contributed by atoms with Gasteiger partial charge in [-0.2, -0.15) is 0 Å². The molecule has 1 aromatic carbocycles. The highest BCUT2D eigenvalue weighted by Crippen LogP contribution is 2.65. The number of aryl methyl sites for hydroxylation is 1. The van der Waals surface area contributed by atoms with Crippen molar-refractivity contribution in [2.45, 2.75) is 71.8 Å². The normalized spacial score (nSPS) is 40.4. The van der Waals surface area contributed by atoms with Crippen molar-refractivity contribution in [3.63, 3.8) is 0 Å². The van der Waals surface area contributed by atoms with Gasteiger partial charge < -0.3 is 9.67 Å². The van der Waals surface area contributed by atoms with Crippen LogP contribution in [0.15, 0.2) is 42.3 Å². The largest absolute Gasteiger partial charge is 0.393 e. The zero-order valence-electron chi connectivity index (χ0n) is 18.6. The van der Waals surface area contributed by atoms with Gasteiger partial charge in [-0.3, -0.25) is 0 Å². The molecule has 2 aromatic rings. The molecule has 3 heteroatoms. The van der Waals surface area contributed by atoms with Gasteiger partial charge in [0.2, 0.25) is 0 Å². The molecular formula is C27H34N2O. The molecule has 30 heavy (non-hydrogen) atoms. The summed E-state index contributed by atoms with van der Waals surface area (Å²) in [5, 5.41) is 10.2. The van der Waals surface area contributed by atoms with Crippen LogP contribution in [0.3, 0.4) is 0 Å². The van der Waals surface area contributed by atoms with Crippen LogP contribution in [-0.4, -0.2) is 20.8 Å². The summed E-state index contributed by atoms with van der Waals surface area (Å²) in [6.07, 6.45) is 15.0. The molecule has 1 aromatic heterocycles. The highest BCUT2D eigenvalue weighted by atomic mass is 16.3. The smallest absolute Gasteiger partial charge is 0.100 e. The van der Waals surface area contributed by atoms with Crippen LogP contribution < -0.4 is 0 Å². The highest BCUT2D eigenvalue weighted by molar-refractivity contribution is 5.81. The summed E-state index contributed by atoms with van der Waals surface area (Å²) in [6.45, 7) is 7.21. The maximum Gasteiger partial charge on any atom is 0.100 e. The standard InChI is InChI=1S/C27H34N2O/c1-17-4-8-23-24(14-17)29(16-28-23)25-9-7-21-20-6-5-18-15-19(30)10-12-26(18,2)22(20)11-13-27(21,25)3/h4-5,8-9,14,16,19-22,30H,6-7,10-13,15H2,1-3H3/t19-,20?,21?,22?,26-,27-/m0/s1. The van der Waals surface area contributed by atoms with E-state index in [0.29, 0.717) is 5.41 Å². The number of aliphatic hydroxyl groups excluding tert-OH is 1. The monoisotopic (exact) mass is 402 g/mol. The molecule has 158 valence electrons. The van der Waals surface area contributed by atoms with E-state index in [1.807, 2.05) is 0 Å². The molecule has 6 atom stereocenters. The summed E-state index contributed by atoms with van der Waals surface area (Å²) in [5.74, 6) is 2.26. The van der Waals surface area contributed by atoms with Crippen molar-refractivity contribution in [1.82, 2.24) is 9.55 Å². The fourth-order valence-corrected chi connectivity index (χ4v) is 7.87. The van der Waals surface area contributed by atoms with Crippen LogP contribution in [-0.2, 0) is 0 Å². The third-order valence-corrected chi connectivity index (χ3v) is 9.58. The molecule has 6 rings (SSSR count). The van der Waals surface area contributed by atoms with Crippen molar-refractivity contribution >= 4 is 16.7 Å².